The first kappa shape index (κ1) is 13.8. The van der Waals surface area contributed by atoms with Crippen LogP contribution in [0.2, 0.25) is 5.02 Å². The molecule has 2 aromatic rings. The molecule has 98 valence electrons. The number of pyridine rings is 1. The second kappa shape index (κ2) is 5.59. The summed E-state index contributed by atoms with van der Waals surface area (Å²) < 4.78 is 1.88. The van der Waals surface area contributed by atoms with Gasteiger partial charge in [0.05, 0.1) is 6.54 Å². The predicted molar refractivity (Wildman–Crippen MR) is 75.9 cm³/mol. The summed E-state index contributed by atoms with van der Waals surface area (Å²) >= 11 is 8.98. The molecule has 0 fully saturated rings. The second-order valence-corrected chi connectivity index (χ2v) is 5.29. The third kappa shape index (κ3) is 3.24. The number of aromatic carboxylic acids is 1. The molecular weight excluding hydrogens is 334 g/mol. The summed E-state index contributed by atoms with van der Waals surface area (Å²) in [5.74, 6) is -1.24. The number of hydrogen-bond acceptors (Lipinski definition) is 2. The Kier molecular flexibility index (Phi) is 4.07. The van der Waals surface area contributed by atoms with E-state index in [1.807, 2.05) is 0 Å². The molecule has 1 heterocycles. The maximum Gasteiger partial charge on any atom is 0.341 e. The third-order valence-corrected chi connectivity index (χ3v) is 3.23. The Morgan fingerprint density at radius 3 is 2.53 bits per heavy atom. The minimum atomic E-state index is -1.24. The lowest BCUT2D eigenvalue weighted by molar-refractivity contribution is 0.0694. The van der Waals surface area contributed by atoms with Crippen LogP contribution in [0.15, 0.2) is 45.8 Å². The third-order valence-electron chi connectivity index (χ3n) is 2.55. The number of halogens is 2. The molecule has 0 atom stereocenters. The molecule has 19 heavy (non-hydrogen) atoms. The summed E-state index contributed by atoms with van der Waals surface area (Å²) in [5, 5.41) is 9.57. The van der Waals surface area contributed by atoms with Crippen molar-refractivity contribution in [2.24, 2.45) is 0 Å². The number of rotatable bonds is 3. The van der Waals surface area contributed by atoms with E-state index in [0.29, 0.717) is 9.50 Å². The van der Waals surface area contributed by atoms with Gasteiger partial charge in [-0.25, -0.2) is 4.79 Å². The van der Waals surface area contributed by atoms with Crippen LogP contribution in [-0.4, -0.2) is 15.6 Å². The fourth-order valence-corrected chi connectivity index (χ4v) is 2.26. The van der Waals surface area contributed by atoms with Crippen molar-refractivity contribution < 1.29 is 9.90 Å². The largest absolute Gasteiger partial charge is 0.477 e. The van der Waals surface area contributed by atoms with E-state index in [1.54, 1.807) is 30.5 Å². The van der Waals surface area contributed by atoms with Gasteiger partial charge in [-0.15, -0.1) is 0 Å². The highest BCUT2D eigenvalue weighted by molar-refractivity contribution is 9.10. The van der Waals surface area contributed by atoms with Gasteiger partial charge in [0, 0.05) is 15.7 Å². The SMILES string of the molecule is O=C(O)c1cc(Br)cn(Cc2ccc(Cl)cc2)c1=O. The van der Waals surface area contributed by atoms with Crippen LogP contribution in [0.4, 0.5) is 0 Å². The van der Waals surface area contributed by atoms with Crippen molar-refractivity contribution in [3.05, 3.63) is 67.5 Å². The van der Waals surface area contributed by atoms with Crippen molar-refractivity contribution in [1.82, 2.24) is 4.57 Å². The first-order valence-electron chi connectivity index (χ1n) is 5.35. The van der Waals surface area contributed by atoms with E-state index in [2.05, 4.69) is 15.9 Å². The van der Waals surface area contributed by atoms with Gasteiger partial charge in [-0.05, 0) is 39.7 Å². The molecule has 0 saturated heterocycles. The minimum Gasteiger partial charge on any atom is -0.477 e. The molecule has 1 N–H and O–H groups in total. The molecule has 0 unspecified atom stereocenters. The number of carboxylic acids is 1. The number of aromatic nitrogens is 1. The molecule has 0 bridgehead atoms. The fraction of sp³-hybridized carbons (Fsp3) is 0.0769. The highest BCUT2D eigenvalue weighted by Gasteiger charge is 2.12. The van der Waals surface area contributed by atoms with Crippen LogP contribution in [0.1, 0.15) is 15.9 Å². The van der Waals surface area contributed by atoms with Crippen molar-refractivity contribution in [2.45, 2.75) is 6.54 Å². The standard InChI is InChI=1S/C13H9BrClNO3/c14-9-5-11(13(18)19)12(17)16(7-9)6-8-1-3-10(15)4-2-8/h1-5,7H,6H2,(H,18,19). The zero-order valence-electron chi connectivity index (χ0n) is 9.64. The van der Waals surface area contributed by atoms with Crippen LogP contribution in [0.5, 0.6) is 0 Å². The molecule has 0 amide bonds. The lowest BCUT2D eigenvalue weighted by atomic mass is 10.2. The van der Waals surface area contributed by atoms with Gasteiger partial charge in [0.2, 0.25) is 0 Å². The van der Waals surface area contributed by atoms with Crippen LogP contribution in [0, 0.1) is 0 Å². The normalized spacial score (nSPS) is 10.4. The Bertz CT molecular complexity index is 679. The summed E-state index contributed by atoms with van der Waals surface area (Å²) in [5.41, 5.74) is 0.0647. The molecule has 0 spiro atoms. The lowest BCUT2D eigenvalue weighted by Gasteiger charge is -2.08. The topological polar surface area (TPSA) is 59.3 Å². The van der Waals surface area contributed by atoms with Crippen LogP contribution >= 0.6 is 27.5 Å². The van der Waals surface area contributed by atoms with Gasteiger partial charge in [-0.1, -0.05) is 23.7 Å². The highest BCUT2D eigenvalue weighted by atomic mass is 79.9. The minimum absolute atomic E-state index is 0.261. The van der Waals surface area contributed by atoms with Crippen LogP contribution in [0.25, 0.3) is 0 Å². The van der Waals surface area contributed by atoms with Crippen molar-refractivity contribution in [3.63, 3.8) is 0 Å². The van der Waals surface area contributed by atoms with Crippen molar-refractivity contribution in [2.75, 3.05) is 0 Å². The quantitative estimate of drug-likeness (QED) is 0.933. The first-order valence-corrected chi connectivity index (χ1v) is 6.52. The Morgan fingerprint density at radius 1 is 1.32 bits per heavy atom. The van der Waals surface area contributed by atoms with Gasteiger partial charge in [-0.2, -0.15) is 0 Å². The van der Waals surface area contributed by atoms with Crippen molar-refractivity contribution in [1.29, 1.82) is 0 Å². The number of benzene rings is 1. The molecule has 2 rings (SSSR count). The summed E-state index contributed by atoms with van der Waals surface area (Å²) in [7, 11) is 0. The molecule has 4 nitrogen and oxygen atoms in total. The number of hydrogen-bond donors (Lipinski definition) is 1. The molecule has 0 aliphatic carbocycles. The lowest BCUT2D eigenvalue weighted by Crippen LogP contribution is -2.26. The predicted octanol–water partition coefficient (Wildman–Crippen LogP) is 3.01. The average Bonchev–Trinajstić information content (AvgIpc) is 2.35. The van der Waals surface area contributed by atoms with E-state index >= 15 is 0 Å². The number of carboxylic acid groups (broad SMARTS) is 1. The Labute approximate surface area is 122 Å². The summed E-state index contributed by atoms with van der Waals surface area (Å²) in [6.45, 7) is 0.287. The number of carbonyl (C=O) groups is 1. The van der Waals surface area contributed by atoms with Crippen molar-refractivity contribution >= 4 is 33.5 Å². The zero-order chi connectivity index (χ0) is 14.0. The van der Waals surface area contributed by atoms with Gasteiger partial charge >= 0.3 is 5.97 Å². The Morgan fingerprint density at radius 2 is 1.95 bits per heavy atom. The molecule has 1 aromatic carbocycles. The zero-order valence-corrected chi connectivity index (χ0v) is 12.0. The van der Waals surface area contributed by atoms with Crippen LogP contribution in [0.3, 0.4) is 0 Å². The molecule has 0 aliphatic rings. The van der Waals surface area contributed by atoms with Crippen molar-refractivity contribution in [3.8, 4) is 0 Å². The average molecular weight is 343 g/mol. The smallest absolute Gasteiger partial charge is 0.341 e. The molecule has 0 radical (unpaired) electrons. The summed E-state index contributed by atoms with van der Waals surface area (Å²) in [6.07, 6.45) is 1.56. The van der Waals surface area contributed by atoms with E-state index < -0.39 is 11.5 Å². The van der Waals surface area contributed by atoms with E-state index in [0.717, 1.165) is 5.56 Å². The Balaban J connectivity index is 2.43. The number of nitrogens with zero attached hydrogens (tertiary/aromatic N) is 1. The van der Waals surface area contributed by atoms with Gasteiger partial charge in [0.15, 0.2) is 0 Å². The monoisotopic (exact) mass is 341 g/mol. The second-order valence-electron chi connectivity index (χ2n) is 3.94. The van der Waals surface area contributed by atoms with Crippen LogP contribution < -0.4 is 5.56 Å². The van der Waals surface area contributed by atoms with E-state index in [4.69, 9.17) is 16.7 Å². The maximum absolute atomic E-state index is 12.0. The van der Waals surface area contributed by atoms with Crippen LogP contribution in [-0.2, 0) is 6.54 Å². The first-order chi connectivity index (χ1) is 8.97. The van der Waals surface area contributed by atoms with E-state index in [-0.39, 0.29) is 12.1 Å². The molecule has 0 aliphatic heterocycles. The molecular formula is C13H9BrClNO3. The van der Waals surface area contributed by atoms with E-state index in [9.17, 15) is 9.59 Å². The maximum atomic E-state index is 12.0. The Hall–Kier alpha value is -1.59. The highest BCUT2D eigenvalue weighted by Crippen LogP contribution is 2.13. The molecule has 1 aromatic heterocycles. The van der Waals surface area contributed by atoms with Gasteiger partial charge in [-0.3, -0.25) is 4.79 Å². The van der Waals surface area contributed by atoms with Gasteiger partial charge in [0.25, 0.3) is 5.56 Å². The fourth-order valence-electron chi connectivity index (χ4n) is 1.66. The van der Waals surface area contributed by atoms with Gasteiger partial charge in [0.1, 0.15) is 5.56 Å². The molecule has 6 heteroatoms. The summed E-state index contributed by atoms with van der Waals surface area (Å²) in [4.78, 5) is 22.9. The van der Waals surface area contributed by atoms with Gasteiger partial charge < -0.3 is 9.67 Å². The van der Waals surface area contributed by atoms with E-state index in [1.165, 1.54) is 10.6 Å². The molecule has 0 saturated carbocycles. The summed E-state index contributed by atoms with van der Waals surface area (Å²) in [6, 6.07) is 8.31.